The molecule has 1 heterocycles. The Bertz CT molecular complexity index is 616. The fourth-order valence-corrected chi connectivity index (χ4v) is 2.91. The van der Waals surface area contributed by atoms with Crippen LogP contribution in [0.5, 0.6) is 0 Å². The van der Waals surface area contributed by atoms with E-state index in [9.17, 15) is 8.42 Å². The zero-order valence-electron chi connectivity index (χ0n) is 9.05. The molecule has 0 aliphatic carbocycles. The Morgan fingerprint density at radius 2 is 1.94 bits per heavy atom. The van der Waals surface area contributed by atoms with Crippen molar-refractivity contribution in [1.82, 2.24) is 5.16 Å². The average Bonchev–Trinajstić information content (AvgIpc) is 2.63. The standard InChI is InChI=1S/C11H10BrNO3S/c1-8-6-10(13-16-8)7-17(14,15)11-4-2-9(12)3-5-11/h2-6H,7H2,1H3. The molecule has 0 aliphatic rings. The lowest BCUT2D eigenvalue weighted by atomic mass is 10.4. The lowest BCUT2D eigenvalue weighted by molar-refractivity contribution is 0.392. The summed E-state index contributed by atoms with van der Waals surface area (Å²) in [6.07, 6.45) is 0. The summed E-state index contributed by atoms with van der Waals surface area (Å²) >= 11 is 3.26. The van der Waals surface area contributed by atoms with Gasteiger partial charge in [-0.15, -0.1) is 0 Å². The number of aromatic nitrogens is 1. The van der Waals surface area contributed by atoms with E-state index in [4.69, 9.17) is 4.52 Å². The number of hydrogen-bond acceptors (Lipinski definition) is 4. The molecule has 2 aromatic rings. The van der Waals surface area contributed by atoms with Gasteiger partial charge in [0, 0.05) is 10.5 Å². The topological polar surface area (TPSA) is 60.2 Å². The maximum absolute atomic E-state index is 12.0. The summed E-state index contributed by atoms with van der Waals surface area (Å²) in [4.78, 5) is 0.279. The Hall–Kier alpha value is -1.14. The number of benzene rings is 1. The van der Waals surface area contributed by atoms with Gasteiger partial charge in [-0.2, -0.15) is 0 Å². The van der Waals surface area contributed by atoms with Crippen LogP contribution in [0.15, 0.2) is 44.2 Å². The second-order valence-corrected chi connectivity index (χ2v) is 6.55. The van der Waals surface area contributed by atoms with E-state index in [1.54, 1.807) is 37.3 Å². The zero-order valence-corrected chi connectivity index (χ0v) is 11.5. The predicted octanol–water partition coefficient (Wildman–Crippen LogP) is 2.72. The van der Waals surface area contributed by atoms with E-state index in [0.29, 0.717) is 11.5 Å². The van der Waals surface area contributed by atoms with Gasteiger partial charge in [-0.25, -0.2) is 8.42 Å². The van der Waals surface area contributed by atoms with Gasteiger partial charge < -0.3 is 4.52 Å². The van der Waals surface area contributed by atoms with E-state index in [0.717, 1.165) is 4.47 Å². The highest BCUT2D eigenvalue weighted by molar-refractivity contribution is 9.10. The van der Waals surface area contributed by atoms with Gasteiger partial charge >= 0.3 is 0 Å². The van der Waals surface area contributed by atoms with Crippen molar-refractivity contribution in [3.63, 3.8) is 0 Å². The molecule has 90 valence electrons. The smallest absolute Gasteiger partial charge is 0.184 e. The summed E-state index contributed by atoms with van der Waals surface area (Å²) in [6.45, 7) is 1.72. The number of aryl methyl sites for hydroxylation is 1. The summed E-state index contributed by atoms with van der Waals surface area (Å²) in [5.41, 5.74) is 0.422. The number of sulfone groups is 1. The van der Waals surface area contributed by atoms with Crippen molar-refractivity contribution >= 4 is 25.8 Å². The highest BCUT2D eigenvalue weighted by Gasteiger charge is 2.17. The van der Waals surface area contributed by atoms with Crippen molar-refractivity contribution in [3.05, 3.63) is 46.3 Å². The van der Waals surface area contributed by atoms with Gasteiger partial charge in [-0.05, 0) is 31.2 Å². The molecule has 6 heteroatoms. The van der Waals surface area contributed by atoms with Crippen molar-refractivity contribution in [2.24, 2.45) is 0 Å². The normalized spacial score (nSPS) is 11.6. The molecule has 0 saturated carbocycles. The molecule has 0 radical (unpaired) electrons. The number of rotatable bonds is 3. The first-order valence-corrected chi connectivity index (χ1v) is 7.32. The van der Waals surface area contributed by atoms with Crippen LogP contribution >= 0.6 is 15.9 Å². The van der Waals surface area contributed by atoms with E-state index < -0.39 is 9.84 Å². The average molecular weight is 316 g/mol. The summed E-state index contributed by atoms with van der Waals surface area (Å²) in [5, 5.41) is 3.68. The van der Waals surface area contributed by atoms with Gasteiger partial charge in [0.25, 0.3) is 0 Å². The third kappa shape index (κ3) is 2.95. The first kappa shape index (κ1) is 12.3. The Morgan fingerprint density at radius 3 is 2.47 bits per heavy atom. The van der Waals surface area contributed by atoms with E-state index in [-0.39, 0.29) is 10.6 Å². The molecule has 17 heavy (non-hydrogen) atoms. The van der Waals surface area contributed by atoms with E-state index in [1.165, 1.54) is 0 Å². The number of hydrogen-bond donors (Lipinski definition) is 0. The quantitative estimate of drug-likeness (QED) is 0.873. The van der Waals surface area contributed by atoms with E-state index in [1.807, 2.05) is 0 Å². The highest BCUT2D eigenvalue weighted by Crippen LogP contribution is 2.19. The minimum absolute atomic E-state index is 0.147. The number of halogens is 1. The van der Waals surface area contributed by atoms with Crippen LogP contribution in [0.2, 0.25) is 0 Å². The summed E-state index contributed by atoms with van der Waals surface area (Å²) < 4.78 is 29.7. The van der Waals surface area contributed by atoms with Gasteiger partial charge in [0.15, 0.2) is 9.84 Å². The molecule has 0 fully saturated rings. The summed E-state index contributed by atoms with van der Waals surface area (Å²) in [6, 6.07) is 8.14. The van der Waals surface area contributed by atoms with Crippen LogP contribution in [-0.4, -0.2) is 13.6 Å². The molecule has 0 unspecified atom stereocenters. The van der Waals surface area contributed by atoms with Crippen LogP contribution in [0.4, 0.5) is 0 Å². The molecule has 0 aliphatic heterocycles. The van der Waals surface area contributed by atoms with E-state index >= 15 is 0 Å². The third-order valence-electron chi connectivity index (χ3n) is 2.19. The molecular formula is C11H10BrNO3S. The molecule has 0 atom stereocenters. The Balaban J connectivity index is 2.28. The van der Waals surface area contributed by atoms with Crippen LogP contribution in [0, 0.1) is 6.92 Å². The molecule has 0 N–H and O–H groups in total. The van der Waals surface area contributed by atoms with Gasteiger partial charge in [0.05, 0.1) is 10.6 Å². The second kappa shape index (κ2) is 4.62. The molecule has 0 spiro atoms. The van der Waals surface area contributed by atoms with Gasteiger partial charge in [0.2, 0.25) is 0 Å². The van der Waals surface area contributed by atoms with Crippen LogP contribution in [0.25, 0.3) is 0 Å². The largest absolute Gasteiger partial charge is 0.361 e. The molecule has 4 nitrogen and oxygen atoms in total. The zero-order chi connectivity index (χ0) is 12.5. The first-order valence-electron chi connectivity index (χ1n) is 4.88. The third-order valence-corrected chi connectivity index (χ3v) is 4.38. The molecular weight excluding hydrogens is 306 g/mol. The van der Waals surface area contributed by atoms with E-state index in [2.05, 4.69) is 21.1 Å². The Morgan fingerprint density at radius 1 is 1.29 bits per heavy atom. The monoisotopic (exact) mass is 315 g/mol. The summed E-state index contributed by atoms with van der Waals surface area (Å²) in [5.74, 6) is 0.456. The maximum atomic E-state index is 12.0. The number of nitrogens with zero attached hydrogens (tertiary/aromatic N) is 1. The van der Waals surface area contributed by atoms with Crippen molar-refractivity contribution in [2.45, 2.75) is 17.6 Å². The Kier molecular flexibility index (Phi) is 3.35. The minimum Gasteiger partial charge on any atom is -0.361 e. The fraction of sp³-hybridized carbons (Fsp3) is 0.182. The molecule has 2 rings (SSSR count). The molecule has 0 bridgehead atoms. The van der Waals surface area contributed by atoms with Gasteiger partial charge in [-0.3, -0.25) is 0 Å². The van der Waals surface area contributed by atoms with Gasteiger partial charge in [0.1, 0.15) is 11.5 Å². The SMILES string of the molecule is Cc1cc(CS(=O)(=O)c2ccc(Br)cc2)no1. The maximum Gasteiger partial charge on any atom is 0.184 e. The van der Waals surface area contributed by atoms with Gasteiger partial charge in [-0.1, -0.05) is 21.1 Å². The van der Waals surface area contributed by atoms with Crippen LogP contribution in [-0.2, 0) is 15.6 Å². The van der Waals surface area contributed by atoms with Crippen LogP contribution in [0.1, 0.15) is 11.5 Å². The lowest BCUT2D eigenvalue weighted by Crippen LogP contribution is -2.04. The van der Waals surface area contributed by atoms with Crippen molar-refractivity contribution in [1.29, 1.82) is 0 Å². The van der Waals surface area contributed by atoms with Crippen LogP contribution in [0.3, 0.4) is 0 Å². The molecule has 0 saturated heterocycles. The minimum atomic E-state index is -3.36. The van der Waals surface area contributed by atoms with Crippen molar-refractivity contribution < 1.29 is 12.9 Å². The van der Waals surface area contributed by atoms with Crippen LogP contribution < -0.4 is 0 Å². The fourth-order valence-electron chi connectivity index (χ4n) is 1.41. The molecule has 0 amide bonds. The lowest BCUT2D eigenvalue weighted by Gasteiger charge is -2.01. The molecule has 1 aromatic heterocycles. The highest BCUT2D eigenvalue weighted by atomic mass is 79.9. The van der Waals surface area contributed by atoms with Crippen molar-refractivity contribution in [2.75, 3.05) is 0 Å². The van der Waals surface area contributed by atoms with Crippen molar-refractivity contribution in [3.8, 4) is 0 Å². The predicted molar refractivity (Wildman–Crippen MR) is 66.3 cm³/mol. The second-order valence-electron chi connectivity index (χ2n) is 3.64. The first-order chi connectivity index (χ1) is 7.97. The Labute approximate surface area is 108 Å². The molecule has 1 aromatic carbocycles. The summed E-state index contributed by atoms with van der Waals surface area (Å²) in [7, 11) is -3.36.